The maximum absolute atomic E-state index is 4.48. The summed E-state index contributed by atoms with van der Waals surface area (Å²) in [5.41, 5.74) is 10.7. The van der Waals surface area contributed by atoms with E-state index in [2.05, 4.69) is 120 Å². The van der Waals surface area contributed by atoms with Gasteiger partial charge in [-0.15, -0.1) is 0 Å². The topological polar surface area (TPSA) is 24.4 Å². The van der Waals surface area contributed by atoms with E-state index in [-0.39, 0.29) is 10.8 Å². The Labute approximate surface area is 188 Å². The van der Waals surface area contributed by atoms with E-state index in [1.165, 1.54) is 27.8 Å². The number of aliphatic imine (C=N–C) groups is 1. The Morgan fingerprint density at radius 2 is 1.19 bits per heavy atom. The highest BCUT2D eigenvalue weighted by molar-refractivity contribution is 5.96. The fourth-order valence-electron chi connectivity index (χ4n) is 4.09. The number of rotatable bonds is 4. The van der Waals surface area contributed by atoms with Gasteiger partial charge in [-0.05, 0) is 58.4 Å². The molecule has 3 aromatic rings. The van der Waals surface area contributed by atoms with Crippen molar-refractivity contribution in [1.82, 2.24) is 0 Å². The molecule has 2 nitrogen and oxygen atoms in total. The highest BCUT2D eigenvalue weighted by Gasteiger charge is 2.20. The summed E-state index contributed by atoms with van der Waals surface area (Å²) in [6.45, 7) is 19.5. The van der Waals surface area contributed by atoms with E-state index >= 15 is 0 Å². The molecule has 0 aromatic heterocycles. The van der Waals surface area contributed by atoms with Crippen LogP contribution in [0.25, 0.3) is 22.3 Å². The van der Waals surface area contributed by atoms with Crippen LogP contribution in [0.1, 0.15) is 58.2 Å². The highest BCUT2D eigenvalue weighted by atomic mass is 14.9. The summed E-state index contributed by atoms with van der Waals surface area (Å²) >= 11 is 0. The molecule has 2 heteroatoms. The van der Waals surface area contributed by atoms with Crippen molar-refractivity contribution >= 4 is 18.1 Å². The lowest BCUT2D eigenvalue weighted by molar-refractivity contribution is 0.590. The number of benzene rings is 3. The van der Waals surface area contributed by atoms with Crippen LogP contribution < -0.4 is 5.32 Å². The Bertz CT molecular complexity index is 1070. The first-order valence-electron chi connectivity index (χ1n) is 11.0. The van der Waals surface area contributed by atoms with Crippen molar-refractivity contribution in [2.75, 3.05) is 12.4 Å². The summed E-state index contributed by atoms with van der Waals surface area (Å²) in [5.74, 6) is 0. The molecule has 0 radical (unpaired) electrons. The van der Waals surface area contributed by atoms with Crippen molar-refractivity contribution in [2.45, 2.75) is 59.3 Å². The Hall–Kier alpha value is -2.87. The van der Waals surface area contributed by atoms with Crippen molar-refractivity contribution in [1.29, 1.82) is 0 Å². The van der Waals surface area contributed by atoms with Crippen LogP contribution in [0.15, 0.2) is 59.6 Å². The van der Waals surface area contributed by atoms with E-state index in [0.717, 1.165) is 22.5 Å². The van der Waals surface area contributed by atoms with E-state index in [0.29, 0.717) is 0 Å². The van der Waals surface area contributed by atoms with Crippen LogP contribution >= 0.6 is 0 Å². The van der Waals surface area contributed by atoms with E-state index in [9.17, 15) is 0 Å². The number of nitrogens with zero attached hydrogens (tertiary/aromatic N) is 1. The third-order valence-corrected chi connectivity index (χ3v) is 6.01. The maximum atomic E-state index is 4.48. The highest BCUT2D eigenvalue weighted by Crippen LogP contribution is 2.45. The molecule has 0 atom stereocenters. The van der Waals surface area contributed by atoms with Crippen LogP contribution in [0.3, 0.4) is 0 Å². The molecular weight excluding hydrogens is 376 g/mol. The monoisotopic (exact) mass is 412 g/mol. The van der Waals surface area contributed by atoms with Crippen LogP contribution in [-0.2, 0) is 10.8 Å². The molecule has 0 amide bonds. The summed E-state index contributed by atoms with van der Waals surface area (Å²) in [6.07, 6.45) is 0. The third kappa shape index (κ3) is 4.58. The molecule has 0 unspecified atom stereocenters. The lowest BCUT2D eigenvalue weighted by Gasteiger charge is -2.22. The van der Waals surface area contributed by atoms with Crippen molar-refractivity contribution in [3.63, 3.8) is 0 Å². The predicted octanol–water partition coefficient (Wildman–Crippen LogP) is 8.30. The van der Waals surface area contributed by atoms with Gasteiger partial charge in [0.05, 0.1) is 11.4 Å². The van der Waals surface area contributed by atoms with Crippen LogP contribution in [0.5, 0.6) is 0 Å². The molecule has 1 N–H and O–H groups in total. The summed E-state index contributed by atoms with van der Waals surface area (Å²) < 4.78 is 0. The van der Waals surface area contributed by atoms with Gasteiger partial charge in [-0.2, -0.15) is 0 Å². The van der Waals surface area contributed by atoms with Crippen LogP contribution in [0.2, 0.25) is 0 Å². The molecule has 0 aliphatic heterocycles. The Morgan fingerprint density at radius 1 is 0.742 bits per heavy atom. The molecule has 0 heterocycles. The fraction of sp³-hybridized carbons (Fsp3) is 0.345. The zero-order chi connectivity index (χ0) is 23.0. The summed E-state index contributed by atoms with van der Waals surface area (Å²) in [5, 5.41) is 3.40. The second-order valence-electron chi connectivity index (χ2n) is 10.4. The Morgan fingerprint density at radius 3 is 1.58 bits per heavy atom. The molecule has 0 bridgehead atoms. The maximum Gasteiger partial charge on any atom is 0.0940 e. The number of aryl methyl sites for hydroxylation is 1. The molecule has 0 saturated heterocycles. The predicted molar refractivity (Wildman–Crippen MR) is 138 cm³/mol. The van der Waals surface area contributed by atoms with E-state index in [1.807, 2.05) is 7.05 Å². The first-order chi connectivity index (χ1) is 14.5. The van der Waals surface area contributed by atoms with Gasteiger partial charge in [-0.3, -0.25) is 4.99 Å². The molecule has 0 fully saturated rings. The van der Waals surface area contributed by atoms with Gasteiger partial charge in [-0.25, -0.2) is 0 Å². The first-order valence-corrected chi connectivity index (χ1v) is 11.0. The van der Waals surface area contributed by atoms with Gasteiger partial charge < -0.3 is 5.32 Å². The van der Waals surface area contributed by atoms with E-state index < -0.39 is 0 Å². The molecule has 0 aliphatic rings. The lowest BCUT2D eigenvalue weighted by atomic mass is 9.84. The zero-order valence-corrected chi connectivity index (χ0v) is 20.4. The van der Waals surface area contributed by atoms with Gasteiger partial charge in [-0.1, -0.05) is 90.1 Å². The van der Waals surface area contributed by atoms with Gasteiger partial charge in [0.1, 0.15) is 0 Å². The number of hydrogen-bond donors (Lipinski definition) is 1. The molecule has 0 saturated carbocycles. The van der Waals surface area contributed by atoms with Crippen molar-refractivity contribution in [3.8, 4) is 22.3 Å². The van der Waals surface area contributed by atoms with Crippen molar-refractivity contribution in [3.05, 3.63) is 71.3 Å². The summed E-state index contributed by atoms with van der Waals surface area (Å²) in [7, 11) is 1.96. The van der Waals surface area contributed by atoms with Gasteiger partial charge in [0, 0.05) is 18.2 Å². The Balaban J connectivity index is 2.16. The largest absolute Gasteiger partial charge is 0.386 e. The summed E-state index contributed by atoms with van der Waals surface area (Å²) in [4.78, 5) is 4.48. The average molecular weight is 413 g/mol. The third-order valence-electron chi connectivity index (χ3n) is 6.01. The number of hydrogen-bond acceptors (Lipinski definition) is 2. The zero-order valence-electron chi connectivity index (χ0n) is 20.4. The number of anilines is 1. The SMILES string of the molecule is C=Nc1c(NC)c(-c2ccc(C(C)(C)C)cc2)cc(C)c1-c1ccc(C(C)(C)C)cc1. The minimum Gasteiger partial charge on any atom is -0.386 e. The molecule has 0 aliphatic carbocycles. The van der Waals surface area contributed by atoms with E-state index in [1.54, 1.807) is 0 Å². The number of nitrogens with one attached hydrogen (secondary N) is 1. The second-order valence-corrected chi connectivity index (χ2v) is 10.4. The lowest BCUT2D eigenvalue weighted by Crippen LogP contribution is -2.10. The van der Waals surface area contributed by atoms with Crippen molar-refractivity contribution < 1.29 is 0 Å². The molecule has 0 spiro atoms. The minimum absolute atomic E-state index is 0.131. The smallest absolute Gasteiger partial charge is 0.0940 e. The molecular formula is C29H36N2. The van der Waals surface area contributed by atoms with Gasteiger partial charge in [0.2, 0.25) is 0 Å². The van der Waals surface area contributed by atoms with E-state index in [4.69, 9.17) is 0 Å². The Kier molecular flexibility index (Phi) is 6.14. The fourth-order valence-corrected chi connectivity index (χ4v) is 4.09. The van der Waals surface area contributed by atoms with Crippen LogP contribution in [0, 0.1) is 6.92 Å². The standard InChI is InChI=1S/C29H36N2/c1-19-18-24(20-10-14-22(15-11-20)28(2,3)4)26(30-8)27(31-9)25(19)21-12-16-23(17-13-21)29(5,6)7/h10-18,30H,9H2,1-8H3. The molecule has 3 rings (SSSR count). The molecule has 3 aromatic carbocycles. The molecule has 162 valence electrons. The average Bonchev–Trinajstić information content (AvgIpc) is 2.71. The molecule has 31 heavy (non-hydrogen) atoms. The van der Waals surface area contributed by atoms with Gasteiger partial charge in [0.15, 0.2) is 0 Å². The normalized spacial score (nSPS) is 12.0. The minimum atomic E-state index is 0.131. The van der Waals surface area contributed by atoms with Gasteiger partial charge >= 0.3 is 0 Å². The summed E-state index contributed by atoms with van der Waals surface area (Å²) in [6, 6.07) is 20.0. The van der Waals surface area contributed by atoms with Crippen molar-refractivity contribution in [2.24, 2.45) is 4.99 Å². The quantitative estimate of drug-likeness (QED) is 0.428. The second kappa shape index (κ2) is 8.34. The first kappa shape index (κ1) is 22.8. The van der Waals surface area contributed by atoms with Crippen LogP contribution in [0.4, 0.5) is 11.4 Å². The van der Waals surface area contributed by atoms with Crippen LogP contribution in [-0.4, -0.2) is 13.8 Å². The van der Waals surface area contributed by atoms with Gasteiger partial charge in [0.25, 0.3) is 0 Å².